The fraction of sp³-hybridized carbons (Fsp3) is 0.452. The smallest absolute Gasteiger partial charge is 0.351 e. The van der Waals surface area contributed by atoms with Gasteiger partial charge >= 0.3 is 13.9 Å². The predicted octanol–water partition coefficient (Wildman–Crippen LogP) is 7.59. The number of rotatable bonds is 17. The number of hydrogen-bond acceptors (Lipinski definition) is 13. The van der Waals surface area contributed by atoms with Gasteiger partial charge in [-0.2, -0.15) is 4.98 Å². The van der Waals surface area contributed by atoms with Gasteiger partial charge in [0.15, 0.2) is 17.1 Å². The van der Waals surface area contributed by atoms with Gasteiger partial charge < -0.3 is 38.0 Å². The predicted molar refractivity (Wildman–Crippen MR) is 219 cm³/mol. The van der Waals surface area contributed by atoms with Crippen LogP contribution in [-0.2, 0) is 38.2 Å². The highest BCUT2D eigenvalue weighted by molar-refractivity contribution is 8.13. The number of fused-ring (bicyclic) bond motifs is 1. The van der Waals surface area contributed by atoms with Crippen LogP contribution in [0.4, 0.5) is 5.82 Å². The number of carbonyl (C=O) groups excluding carboxylic acids is 1. The van der Waals surface area contributed by atoms with E-state index in [4.69, 9.17) is 32.7 Å². The fourth-order valence-electron chi connectivity index (χ4n) is 7.24. The first-order valence-electron chi connectivity index (χ1n) is 18.9. The van der Waals surface area contributed by atoms with Crippen molar-refractivity contribution in [1.29, 1.82) is 0 Å². The van der Waals surface area contributed by atoms with Gasteiger partial charge in [-0.05, 0) is 74.2 Å². The van der Waals surface area contributed by atoms with Crippen molar-refractivity contribution in [2.75, 3.05) is 38.5 Å². The number of nitrogens with one attached hydrogen (secondary N) is 1. The van der Waals surface area contributed by atoms with Gasteiger partial charge in [0.05, 0.1) is 27.4 Å². The van der Waals surface area contributed by atoms with E-state index in [9.17, 15) is 14.2 Å². The number of aromatic nitrogens is 2. The molecule has 57 heavy (non-hydrogen) atoms. The van der Waals surface area contributed by atoms with Gasteiger partial charge in [0.2, 0.25) is 0 Å². The van der Waals surface area contributed by atoms with Crippen molar-refractivity contribution in [2.45, 2.75) is 83.3 Å². The molecule has 15 heteroatoms. The van der Waals surface area contributed by atoms with Crippen LogP contribution in [0.1, 0.15) is 70.9 Å². The summed E-state index contributed by atoms with van der Waals surface area (Å²) in [5, 5.41) is 3.69. The Morgan fingerprint density at radius 3 is 2.07 bits per heavy atom. The van der Waals surface area contributed by atoms with Gasteiger partial charge in [0.25, 0.3) is 0 Å². The van der Waals surface area contributed by atoms with Crippen molar-refractivity contribution in [1.82, 2.24) is 9.55 Å². The molecule has 13 nitrogen and oxygen atoms in total. The number of methoxy groups -OCH3 is 2. The zero-order chi connectivity index (χ0) is 41.0. The van der Waals surface area contributed by atoms with Crippen LogP contribution in [0, 0.1) is 5.41 Å². The van der Waals surface area contributed by atoms with E-state index in [-0.39, 0.29) is 18.3 Å². The summed E-state index contributed by atoms with van der Waals surface area (Å²) in [6, 6.07) is 27.1. The molecule has 6 rings (SSSR count). The van der Waals surface area contributed by atoms with E-state index in [0.717, 1.165) is 34.9 Å². The van der Waals surface area contributed by atoms with Crippen LogP contribution in [0.3, 0.4) is 0 Å². The molecule has 2 fully saturated rings. The Labute approximate surface area is 338 Å². The quantitative estimate of drug-likeness (QED) is 0.0635. The lowest BCUT2D eigenvalue weighted by atomic mass is 9.77. The lowest BCUT2D eigenvalue weighted by molar-refractivity contribution is -0.217. The highest BCUT2D eigenvalue weighted by atomic mass is 32.2. The second-order valence-corrected chi connectivity index (χ2v) is 17.4. The molecule has 4 aromatic rings. The molecule has 2 saturated heterocycles. The third kappa shape index (κ3) is 9.02. The van der Waals surface area contributed by atoms with Crippen LogP contribution in [0.2, 0.25) is 0 Å². The van der Waals surface area contributed by atoms with Gasteiger partial charge in [0, 0.05) is 17.4 Å². The maximum atomic E-state index is 14.1. The largest absolute Gasteiger partial charge is 0.497 e. The average Bonchev–Trinajstić information content (AvgIpc) is 3.62. The first-order valence-corrected chi connectivity index (χ1v) is 21.1. The minimum atomic E-state index is -2.93. The van der Waals surface area contributed by atoms with Gasteiger partial charge in [-0.3, -0.25) is 13.9 Å². The molecule has 2 unspecified atom stereocenters. The van der Waals surface area contributed by atoms with Crippen molar-refractivity contribution in [3.8, 4) is 11.5 Å². The van der Waals surface area contributed by atoms with Crippen LogP contribution >= 0.6 is 20.0 Å². The number of benzene rings is 3. The van der Waals surface area contributed by atoms with Crippen molar-refractivity contribution in [3.05, 3.63) is 118 Å². The van der Waals surface area contributed by atoms with Crippen LogP contribution in [0.25, 0.3) is 0 Å². The number of ether oxygens (including phenoxy) is 5. The molecule has 0 amide bonds. The molecule has 3 aromatic carbocycles. The molecule has 3 heterocycles. The molecule has 0 spiro atoms. The first kappa shape index (κ1) is 42.6. The Kier molecular flexibility index (Phi) is 13.0. The number of anilines is 1. The Bertz CT molecular complexity index is 2030. The average molecular weight is 822 g/mol. The number of thioether (sulfide) groups is 1. The van der Waals surface area contributed by atoms with Gasteiger partial charge in [-0.25, -0.2) is 4.79 Å². The Morgan fingerprint density at radius 2 is 1.51 bits per heavy atom. The van der Waals surface area contributed by atoms with Crippen molar-refractivity contribution in [3.63, 3.8) is 0 Å². The van der Waals surface area contributed by atoms with Crippen molar-refractivity contribution >= 4 is 30.9 Å². The molecular weight excluding hydrogens is 770 g/mol. The zero-order valence-electron chi connectivity index (χ0n) is 33.6. The molecule has 2 aliphatic rings. The third-order valence-corrected chi connectivity index (χ3v) is 12.6. The number of hydrogen-bond donors (Lipinski definition) is 1. The number of carbonyl (C=O) groups is 1. The maximum absolute atomic E-state index is 14.1. The molecule has 5 atom stereocenters. The topological polar surface area (TPSA) is 146 Å². The highest BCUT2D eigenvalue weighted by Crippen LogP contribution is 2.51. The fourth-order valence-corrected chi connectivity index (χ4v) is 8.93. The summed E-state index contributed by atoms with van der Waals surface area (Å²) in [4.78, 5) is 31.1. The normalized spacial score (nSPS) is 22.1. The summed E-state index contributed by atoms with van der Waals surface area (Å²) in [5.41, 5.74) is -0.545. The van der Waals surface area contributed by atoms with E-state index in [1.54, 1.807) is 40.3 Å². The van der Waals surface area contributed by atoms with Crippen LogP contribution in [0.5, 0.6) is 11.5 Å². The van der Waals surface area contributed by atoms with Crippen LogP contribution < -0.4 is 20.5 Å². The summed E-state index contributed by atoms with van der Waals surface area (Å²) in [5.74, 6) is 1.04. The molecule has 0 radical (unpaired) electrons. The molecule has 0 bridgehead atoms. The minimum Gasteiger partial charge on any atom is -0.497 e. The maximum Gasteiger partial charge on any atom is 0.351 e. The standard InChI is InChI=1S/C42H52N3O10PS/c1-9-39(2,3)37(46)57-26-25-51-56(48)52-27-33-35-41(6,55-40(4,5)54-35)36(53-33)45-24-23-34(43-38(45)47)44-42(28-13-11-10-12-14-28,29-15-19-31(49-7)20-16-29)30-17-21-32(50-8)22-18-30/h10-24,33,35-36,56H,9,25-27H2,1-8H3,(H,43,44,47)/t33-,35+,36-,41?/m1/s1. The summed E-state index contributed by atoms with van der Waals surface area (Å²) in [6.07, 6.45) is -0.0804. The second kappa shape index (κ2) is 17.5. The first-order chi connectivity index (χ1) is 27.2. The second-order valence-electron chi connectivity index (χ2n) is 15.2. The molecule has 306 valence electrons. The molecule has 0 aliphatic carbocycles. The van der Waals surface area contributed by atoms with E-state index >= 15 is 0 Å². The van der Waals surface area contributed by atoms with E-state index in [0.29, 0.717) is 23.1 Å². The van der Waals surface area contributed by atoms with Crippen LogP contribution in [0.15, 0.2) is 95.9 Å². The van der Waals surface area contributed by atoms with E-state index in [1.165, 1.54) is 4.57 Å². The lowest BCUT2D eigenvalue weighted by Crippen LogP contribution is -2.45. The lowest BCUT2D eigenvalue weighted by Gasteiger charge is -2.37. The monoisotopic (exact) mass is 821 g/mol. The highest BCUT2D eigenvalue weighted by Gasteiger charge is 2.64. The summed E-state index contributed by atoms with van der Waals surface area (Å²) in [6.45, 7) is 11.1. The van der Waals surface area contributed by atoms with E-state index in [2.05, 4.69) is 10.3 Å². The van der Waals surface area contributed by atoms with Crippen molar-refractivity contribution < 1.29 is 42.1 Å². The molecule has 1 aromatic heterocycles. The van der Waals surface area contributed by atoms with Gasteiger partial charge in [0.1, 0.15) is 40.7 Å². The Morgan fingerprint density at radius 1 is 0.912 bits per heavy atom. The molecular formula is C42H52N3O10PS. The SMILES string of the molecule is CCC(C)(C)C(=O)SCCO[PH](=O)OC[C@H]1O[C@@H](n2ccc(NC(c3ccccc3)(c3ccc(OC)cc3)c3ccc(OC)cc3)nc2=O)C2(C)OC(C)(C)O[C@@H]12. The van der Waals surface area contributed by atoms with E-state index in [1.807, 2.05) is 107 Å². The van der Waals surface area contributed by atoms with Gasteiger partial charge in [-0.1, -0.05) is 87.1 Å². The Hall–Kier alpha value is -4.01. The van der Waals surface area contributed by atoms with Crippen LogP contribution in [-0.4, -0.2) is 71.4 Å². The molecule has 1 N–H and O–H groups in total. The Balaban J connectivity index is 1.26. The minimum absolute atomic E-state index is 0.0541. The molecule has 2 aliphatic heterocycles. The molecule has 0 saturated carbocycles. The third-order valence-electron chi connectivity index (χ3n) is 10.6. The summed E-state index contributed by atoms with van der Waals surface area (Å²) < 4.78 is 55.3. The summed E-state index contributed by atoms with van der Waals surface area (Å²) in [7, 11) is 0.305. The van der Waals surface area contributed by atoms with Gasteiger partial charge in [-0.15, -0.1) is 0 Å². The zero-order valence-corrected chi connectivity index (χ0v) is 35.4. The summed E-state index contributed by atoms with van der Waals surface area (Å²) >= 11 is 1.15. The van der Waals surface area contributed by atoms with E-state index < -0.39 is 54.7 Å². The number of nitrogens with zero attached hydrogens (tertiary/aromatic N) is 2. The van der Waals surface area contributed by atoms with Crippen molar-refractivity contribution in [2.24, 2.45) is 5.41 Å².